The number of nitrogens with zero attached hydrogens (tertiary/aromatic N) is 1. The lowest BCUT2D eigenvalue weighted by Gasteiger charge is -2.30. The van der Waals surface area contributed by atoms with Crippen molar-refractivity contribution >= 4 is 18.3 Å². The summed E-state index contributed by atoms with van der Waals surface area (Å²) < 4.78 is 11.0. The first-order valence-corrected chi connectivity index (χ1v) is 8.08. The molecule has 130 valence electrons. The van der Waals surface area contributed by atoms with Crippen LogP contribution in [0.25, 0.3) is 0 Å². The first-order valence-electron chi connectivity index (χ1n) is 8.08. The molecule has 1 amide bonds. The molecule has 0 aromatic heterocycles. The minimum absolute atomic E-state index is 0. The van der Waals surface area contributed by atoms with Crippen LogP contribution >= 0.6 is 12.4 Å². The molecule has 23 heavy (non-hydrogen) atoms. The number of rotatable bonds is 7. The van der Waals surface area contributed by atoms with Gasteiger partial charge in [0.05, 0.1) is 13.2 Å². The lowest BCUT2D eigenvalue weighted by atomic mass is 10.1. The summed E-state index contributed by atoms with van der Waals surface area (Å²) in [5, 5.41) is 0. The largest absolute Gasteiger partial charge is 0.494 e. The Morgan fingerprint density at radius 1 is 1.26 bits per heavy atom. The van der Waals surface area contributed by atoms with Crippen LogP contribution in [0.3, 0.4) is 0 Å². The highest BCUT2D eigenvalue weighted by Gasteiger charge is 2.20. The summed E-state index contributed by atoms with van der Waals surface area (Å²) in [6.45, 7) is 4.68. The van der Waals surface area contributed by atoms with Crippen molar-refractivity contribution in [1.29, 1.82) is 0 Å². The smallest absolute Gasteiger partial charge is 0.222 e. The SMILES string of the molecule is CCOc1ccc(OCCCC(=O)N2CCCC(N)C2)cc1.Cl. The van der Waals surface area contributed by atoms with Gasteiger partial charge >= 0.3 is 0 Å². The molecule has 1 heterocycles. The summed E-state index contributed by atoms with van der Waals surface area (Å²) in [5.41, 5.74) is 5.90. The van der Waals surface area contributed by atoms with Gasteiger partial charge in [0, 0.05) is 25.6 Å². The fourth-order valence-corrected chi connectivity index (χ4v) is 2.61. The molecule has 2 rings (SSSR count). The second kappa shape index (κ2) is 10.3. The van der Waals surface area contributed by atoms with Crippen LogP contribution in [-0.2, 0) is 4.79 Å². The molecule has 0 aliphatic carbocycles. The summed E-state index contributed by atoms with van der Waals surface area (Å²) in [5.74, 6) is 1.83. The lowest BCUT2D eigenvalue weighted by Crippen LogP contribution is -2.45. The number of nitrogens with two attached hydrogens (primary N) is 1. The zero-order valence-electron chi connectivity index (χ0n) is 13.7. The molecule has 6 heteroatoms. The fourth-order valence-electron chi connectivity index (χ4n) is 2.61. The van der Waals surface area contributed by atoms with Crippen LogP contribution in [0.4, 0.5) is 0 Å². The highest BCUT2D eigenvalue weighted by molar-refractivity contribution is 5.85. The Bertz CT molecular complexity index is 467. The number of benzene rings is 1. The molecule has 1 atom stereocenters. The fraction of sp³-hybridized carbons (Fsp3) is 0.588. The molecular weight excluding hydrogens is 316 g/mol. The van der Waals surface area contributed by atoms with Crippen LogP contribution in [0.15, 0.2) is 24.3 Å². The van der Waals surface area contributed by atoms with Crippen LogP contribution in [-0.4, -0.2) is 43.2 Å². The minimum atomic E-state index is 0. The van der Waals surface area contributed by atoms with E-state index in [9.17, 15) is 4.79 Å². The van der Waals surface area contributed by atoms with Gasteiger partial charge in [-0.2, -0.15) is 0 Å². The van der Waals surface area contributed by atoms with Gasteiger partial charge in [-0.15, -0.1) is 12.4 Å². The molecule has 1 aliphatic rings. The van der Waals surface area contributed by atoms with Gasteiger partial charge < -0.3 is 20.1 Å². The molecule has 1 aromatic carbocycles. The van der Waals surface area contributed by atoms with Gasteiger partial charge in [-0.05, 0) is 50.5 Å². The number of carbonyl (C=O) groups is 1. The van der Waals surface area contributed by atoms with Gasteiger partial charge in [0.1, 0.15) is 11.5 Å². The maximum atomic E-state index is 12.1. The first-order chi connectivity index (χ1) is 10.7. The summed E-state index contributed by atoms with van der Waals surface area (Å²) in [7, 11) is 0. The van der Waals surface area contributed by atoms with Crippen LogP contribution in [0, 0.1) is 0 Å². The van der Waals surface area contributed by atoms with Crippen molar-refractivity contribution < 1.29 is 14.3 Å². The number of hydrogen-bond donors (Lipinski definition) is 1. The number of piperidine rings is 1. The van der Waals surface area contributed by atoms with E-state index in [1.807, 2.05) is 36.1 Å². The van der Waals surface area contributed by atoms with Crippen molar-refractivity contribution in [3.05, 3.63) is 24.3 Å². The van der Waals surface area contributed by atoms with E-state index in [1.54, 1.807) is 0 Å². The predicted octanol–water partition coefficient (Wildman–Crippen LogP) is 2.62. The average molecular weight is 343 g/mol. The Morgan fingerprint density at radius 2 is 1.91 bits per heavy atom. The summed E-state index contributed by atoms with van der Waals surface area (Å²) >= 11 is 0. The highest BCUT2D eigenvalue weighted by atomic mass is 35.5. The third-order valence-corrected chi connectivity index (χ3v) is 3.75. The lowest BCUT2D eigenvalue weighted by molar-refractivity contribution is -0.132. The van der Waals surface area contributed by atoms with Gasteiger partial charge in [-0.1, -0.05) is 0 Å². The normalized spacial score (nSPS) is 17.3. The standard InChI is InChI=1S/C17H26N2O3.ClH/c1-2-21-15-7-9-16(10-8-15)22-12-4-6-17(20)19-11-3-5-14(18)13-19;/h7-10,14H,2-6,11-13,18H2,1H3;1H. The Balaban J connectivity index is 0.00000264. The minimum Gasteiger partial charge on any atom is -0.494 e. The molecule has 1 aromatic rings. The van der Waals surface area contributed by atoms with Gasteiger partial charge in [0.2, 0.25) is 5.91 Å². The van der Waals surface area contributed by atoms with Gasteiger partial charge in [-0.3, -0.25) is 4.79 Å². The molecule has 0 bridgehead atoms. The Morgan fingerprint density at radius 3 is 2.52 bits per heavy atom. The van der Waals surface area contributed by atoms with E-state index in [0.717, 1.165) is 37.3 Å². The van der Waals surface area contributed by atoms with Crippen molar-refractivity contribution in [1.82, 2.24) is 4.90 Å². The topological polar surface area (TPSA) is 64.8 Å². The quantitative estimate of drug-likeness (QED) is 0.774. The number of ether oxygens (including phenoxy) is 2. The third kappa shape index (κ3) is 6.67. The van der Waals surface area contributed by atoms with Gasteiger partial charge in [0.25, 0.3) is 0 Å². The molecule has 2 N–H and O–H groups in total. The van der Waals surface area contributed by atoms with Crippen molar-refractivity contribution in [3.8, 4) is 11.5 Å². The summed E-state index contributed by atoms with van der Waals surface area (Å²) in [6, 6.07) is 7.68. The number of hydrogen-bond acceptors (Lipinski definition) is 4. The van der Waals surface area contributed by atoms with Gasteiger partial charge in [0.15, 0.2) is 0 Å². The van der Waals surface area contributed by atoms with Crippen LogP contribution in [0.5, 0.6) is 11.5 Å². The molecule has 0 spiro atoms. The molecule has 1 unspecified atom stereocenters. The monoisotopic (exact) mass is 342 g/mol. The van der Waals surface area contributed by atoms with E-state index in [2.05, 4.69) is 0 Å². The Labute approximate surface area is 144 Å². The van der Waals surface area contributed by atoms with E-state index < -0.39 is 0 Å². The highest BCUT2D eigenvalue weighted by Crippen LogP contribution is 2.18. The number of halogens is 1. The Hall–Kier alpha value is -1.46. The molecule has 1 aliphatic heterocycles. The second-order valence-corrected chi connectivity index (χ2v) is 5.60. The number of likely N-dealkylation sites (tertiary alicyclic amines) is 1. The molecule has 1 saturated heterocycles. The van der Waals surface area contributed by atoms with Crippen LogP contribution in [0.1, 0.15) is 32.6 Å². The van der Waals surface area contributed by atoms with E-state index in [1.165, 1.54) is 0 Å². The van der Waals surface area contributed by atoms with Crippen LogP contribution in [0.2, 0.25) is 0 Å². The average Bonchev–Trinajstić information content (AvgIpc) is 2.53. The summed E-state index contributed by atoms with van der Waals surface area (Å²) in [6.07, 6.45) is 3.27. The predicted molar refractivity (Wildman–Crippen MR) is 93.4 cm³/mol. The van der Waals surface area contributed by atoms with E-state index in [-0.39, 0.29) is 24.4 Å². The van der Waals surface area contributed by atoms with Gasteiger partial charge in [-0.25, -0.2) is 0 Å². The molecule has 0 saturated carbocycles. The molecule has 1 fully saturated rings. The van der Waals surface area contributed by atoms with Crippen molar-refractivity contribution in [2.75, 3.05) is 26.3 Å². The number of amides is 1. The molecular formula is C17H27ClN2O3. The van der Waals surface area contributed by atoms with E-state index >= 15 is 0 Å². The second-order valence-electron chi connectivity index (χ2n) is 5.60. The van der Waals surface area contributed by atoms with E-state index in [4.69, 9.17) is 15.2 Å². The summed E-state index contributed by atoms with van der Waals surface area (Å²) in [4.78, 5) is 13.9. The molecule has 0 radical (unpaired) electrons. The maximum absolute atomic E-state index is 12.1. The number of carbonyl (C=O) groups excluding carboxylic acids is 1. The zero-order chi connectivity index (χ0) is 15.8. The first kappa shape index (κ1) is 19.6. The molecule has 5 nitrogen and oxygen atoms in total. The van der Waals surface area contributed by atoms with Crippen molar-refractivity contribution in [3.63, 3.8) is 0 Å². The van der Waals surface area contributed by atoms with Crippen molar-refractivity contribution in [2.24, 2.45) is 5.73 Å². The Kier molecular flexibility index (Phi) is 8.81. The maximum Gasteiger partial charge on any atom is 0.222 e. The van der Waals surface area contributed by atoms with Crippen molar-refractivity contribution in [2.45, 2.75) is 38.6 Å². The third-order valence-electron chi connectivity index (χ3n) is 3.75. The zero-order valence-corrected chi connectivity index (χ0v) is 14.5. The van der Waals surface area contributed by atoms with Crippen LogP contribution < -0.4 is 15.2 Å². The van der Waals surface area contributed by atoms with E-state index in [0.29, 0.717) is 26.2 Å².